The fourth-order valence-corrected chi connectivity index (χ4v) is 8.61. The van der Waals surface area contributed by atoms with E-state index in [9.17, 15) is 19.5 Å². The van der Waals surface area contributed by atoms with Gasteiger partial charge in [0.2, 0.25) is 11.8 Å². The highest BCUT2D eigenvalue weighted by molar-refractivity contribution is 8.02. The predicted octanol–water partition coefficient (Wildman–Crippen LogP) is 3.52. The van der Waals surface area contributed by atoms with E-state index in [1.165, 1.54) is 4.90 Å². The van der Waals surface area contributed by atoms with Crippen molar-refractivity contribution in [2.24, 2.45) is 11.8 Å². The van der Waals surface area contributed by atoms with Crippen LogP contribution in [-0.2, 0) is 20.9 Å². The normalized spacial score (nSPS) is 30.6. The van der Waals surface area contributed by atoms with E-state index >= 15 is 0 Å². The van der Waals surface area contributed by atoms with E-state index in [4.69, 9.17) is 11.6 Å². The number of carbonyl (C=O) groups is 3. The van der Waals surface area contributed by atoms with Gasteiger partial charge in [0.15, 0.2) is 0 Å². The van der Waals surface area contributed by atoms with Crippen molar-refractivity contribution >= 4 is 46.8 Å². The number of carbonyl (C=O) groups excluding carboxylic acids is 3. The number of benzene rings is 2. The summed E-state index contributed by atoms with van der Waals surface area (Å²) >= 11 is 7.64. The Balaban J connectivity index is 1.41. The molecular weight excluding hydrogens is 534 g/mol. The summed E-state index contributed by atoms with van der Waals surface area (Å²) < 4.78 is -0.927. The van der Waals surface area contributed by atoms with Gasteiger partial charge in [0.25, 0.3) is 5.91 Å². The lowest BCUT2D eigenvalue weighted by atomic mass is 9.78. The van der Waals surface area contributed by atoms with Gasteiger partial charge >= 0.3 is 0 Å². The number of thioether (sulfide) groups is 1. The highest BCUT2D eigenvalue weighted by Crippen LogP contribution is 2.61. The number of nitrogens with zero attached hydrogens (tertiary/aromatic N) is 3. The van der Waals surface area contributed by atoms with E-state index in [0.29, 0.717) is 30.3 Å². The van der Waals surface area contributed by atoms with Crippen molar-refractivity contribution in [2.75, 3.05) is 24.6 Å². The standard InChI is InChI=1S/C30H30ClN3O4S/c1-19(18-35)34-26-29(38)33(22-12-10-21(31)11-13-22)16-6-14-30(26)25(28(34)37)24-23(39-30)9-5-15-32(27(24)36)17-20-7-3-2-4-8-20/h2-14,19,23-26,35H,15-18H2,1H3/t19-,23-,24+,25+,26?,30+/m1/s1. The van der Waals surface area contributed by atoms with Crippen LogP contribution in [0.15, 0.2) is 78.9 Å². The minimum Gasteiger partial charge on any atom is -0.394 e. The van der Waals surface area contributed by atoms with Gasteiger partial charge in [0, 0.05) is 35.6 Å². The second-order valence-electron chi connectivity index (χ2n) is 10.6. The molecular formula is C30H30ClN3O4S. The Morgan fingerprint density at radius 3 is 2.46 bits per heavy atom. The Morgan fingerprint density at radius 2 is 1.74 bits per heavy atom. The molecule has 6 rings (SSSR count). The Hall–Kier alpha value is -3.07. The van der Waals surface area contributed by atoms with Crippen LogP contribution in [0, 0.1) is 11.8 Å². The second-order valence-corrected chi connectivity index (χ2v) is 12.5. The summed E-state index contributed by atoms with van der Waals surface area (Å²) in [7, 11) is 0. The summed E-state index contributed by atoms with van der Waals surface area (Å²) in [5.74, 6) is -1.87. The van der Waals surface area contributed by atoms with Gasteiger partial charge in [-0.15, -0.1) is 11.8 Å². The van der Waals surface area contributed by atoms with E-state index in [1.54, 1.807) is 52.8 Å². The van der Waals surface area contributed by atoms with Gasteiger partial charge < -0.3 is 19.8 Å². The maximum absolute atomic E-state index is 14.3. The van der Waals surface area contributed by atoms with Gasteiger partial charge in [-0.3, -0.25) is 14.4 Å². The third-order valence-corrected chi connectivity index (χ3v) is 10.3. The van der Waals surface area contributed by atoms with Crippen molar-refractivity contribution in [3.05, 3.63) is 89.5 Å². The van der Waals surface area contributed by atoms with Gasteiger partial charge in [0.1, 0.15) is 6.04 Å². The smallest absolute Gasteiger partial charge is 0.251 e. The van der Waals surface area contributed by atoms with Crippen LogP contribution in [0.4, 0.5) is 5.69 Å². The fourth-order valence-electron chi connectivity index (χ4n) is 6.49. The lowest BCUT2D eigenvalue weighted by Crippen LogP contribution is -2.56. The van der Waals surface area contributed by atoms with Crippen molar-refractivity contribution < 1.29 is 19.5 Å². The molecule has 2 aromatic carbocycles. The van der Waals surface area contributed by atoms with Gasteiger partial charge in [0.05, 0.1) is 29.2 Å². The Bertz CT molecular complexity index is 1350. The second kappa shape index (κ2) is 10.2. The zero-order chi connectivity index (χ0) is 27.3. The molecule has 0 bridgehead atoms. The van der Waals surface area contributed by atoms with Gasteiger partial charge in [-0.05, 0) is 36.8 Å². The van der Waals surface area contributed by atoms with Gasteiger partial charge in [-0.25, -0.2) is 0 Å². The predicted molar refractivity (Wildman–Crippen MR) is 152 cm³/mol. The first-order valence-corrected chi connectivity index (χ1v) is 14.5. The molecule has 39 heavy (non-hydrogen) atoms. The third kappa shape index (κ3) is 4.20. The van der Waals surface area contributed by atoms with Crippen LogP contribution in [0.2, 0.25) is 5.02 Å². The monoisotopic (exact) mass is 563 g/mol. The van der Waals surface area contributed by atoms with Crippen molar-refractivity contribution in [3.8, 4) is 0 Å². The van der Waals surface area contributed by atoms with Gasteiger partial charge in [-0.2, -0.15) is 0 Å². The number of rotatable bonds is 5. The number of likely N-dealkylation sites (tertiary alicyclic amines) is 1. The molecule has 2 saturated heterocycles. The van der Waals surface area contributed by atoms with E-state index in [-0.39, 0.29) is 29.6 Å². The molecule has 7 nitrogen and oxygen atoms in total. The number of halogens is 1. The number of anilines is 1. The average molecular weight is 564 g/mol. The number of fused-ring (bicyclic) bond motifs is 2. The van der Waals surface area contributed by atoms with Crippen molar-refractivity contribution in [2.45, 2.75) is 35.5 Å². The van der Waals surface area contributed by atoms with Gasteiger partial charge in [-0.1, -0.05) is 66.2 Å². The first kappa shape index (κ1) is 26.2. The Labute approximate surface area is 237 Å². The molecule has 4 aliphatic rings. The van der Waals surface area contributed by atoms with Crippen LogP contribution < -0.4 is 4.90 Å². The molecule has 0 aliphatic carbocycles. The molecule has 4 aliphatic heterocycles. The van der Waals surface area contributed by atoms with Crippen LogP contribution in [0.3, 0.4) is 0 Å². The molecule has 202 valence electrons. The van der Waals surface area contributed by atoms with E-state index in [0.717, 1.165) is 5.56 Å². The number of aliphatic hydroxyl groups excluding tert-OH is 1. The molecule has 4 heterocycles. The topological polar surface area (TPSA) is 81.2 Å². The number of hydrogen-bond donors (Lipinski definition) is 1. The zero-order valence-electron chi connectivity index (χ0n) is 21.5. The number of aliphatic hydroxyl groups is 1. The minimum absolute atomic E-state index is 0.0755. The molecule has 0 radical (unpaired) electrons. The summed E-state index contributed by atoms with van der Waals surface area (Å²) in [5, 5.41) is 10.5. The molecule has 9 heteroatoms. The van der Waals surface area contributed by atoms with E-state index in [1.807, 2.05) is 54.6 Å². The molecule has 1 unspecified atom stereocenters. The van der Waals surface area contributed by atoms with Crippen molar-refractivity contribution in [1.82, 2.24) is 9.80 Å². The quantitative estimate of drug-likeness (QED) is 0.563. The molecule has 1 spiro atoms. The summed E-state index contributed by atoms with van der Waals surface area (Å²) in [6, 6.07) is 15.4. The van der Waals surface area contributed by atoms with Crippen LogP contribution in [0.25, 0.3) is 0 Å². The summed E-state index contributed by atoms with van der Waals surface area (Å²) in [6.45, 7) is 2.72. The summed E-state index contributed by atoms with van der Waals surface area (Å²) in [4.78, 5) is 47.7. The first-order chi connectivity index (χ1) is 18.9. The largest absolute Gasteiger partial charge is 0.394 e. The van der Waals surface area contributed by atoms with Crippen LogP contribution >= 0.6 is 23.4 Å². The molecule has 3 amide bonds. The average Bonchev–Trinajstić information content (AvgIpc) is 3.27. The van der Waals surface area contributed by atoms with Crippen molar-refractivity contribution in [3.63, 3.8) is 0 Å². The molecule has 2 aromatic rings. The van der Waals surface area contributed by atoms with Crippen LogP contribution in [0.5, 0.6) is 0 Å². The highest BCUT2D eigenvalue weighted by atomic mass is 35.5. The molecule has 2 fully saturated rings. The summed E-state index contributed by atoms with van der Waals surface area (Å²) in [6.07, 6.45) is 7.97. The maximum atomic E-state index is 14.3. The molecule has 1 N–H and O–H groups in total. The van der Waals surface area contributed by atoms with Crippen molar-refractivity contribution in [1.29, 1.82) is 0 Å². The third-order valence-electron chi connectivity index (χ3n) is 8.27. The lowest BCUT2D eigenvalue weighted by molar-refractivity contribution is -0.144. The number of hydrogen-bond acceptors (Lipinski definition) is 5. The summed E-state index contributed by atoms with van der Waals surface area (Å²) in [5.41, 5.74) is 1.70. The van der Waals surface area contributed by atoms with E-state index < -0.39 is 28.7 Å². The van der Waals surface area contributed by atoms with Crippen LogP contribution in [0.1, 0.15) is 12.5 Å². The first-order valence-electron chi connectivity index (χ1n) is 13.2. The maximum Gasteiger partial charge on any atom is 0.251 e. The zero-order valence-corrected chi connectivity index (χ0v) is 23.1. The fraction of sp³-hybridized carbons (Fsp3) is 0.367. The Morgan fingerprint density at radius 1 is 1.00 bits per heavy atom. The minimum atomic E-state index is -0.927. The SMILES string of the molecule is C[C@H](CO)N1C(=O)[C@@H]2[C@H]3C(=O)N(Cc4ccccc4)CC=C[C@H]3S[C@@]23C=CCN(c2ccc(Cl)cc2)C(=O)C13. The highest BCUT2D eigenvalue weighted by Gasteiger charge is 2.71. The molecule has 0 aromatic heterocycles. The van der Waals surface area contributed by atoms with Crippen LogP contribution in [-0.4, -0.2) is 74.4 Å². The molecule has 0 saturated carbocycles. The lowest BCUT2D eigenvalue weighted by Gasteiger charge is -2.37. The molecule has 6 atom stereocenters. The number of amides is 3. The Kier molecular flexibility index (Phi) is 6.81. The van der Waals surface area contributed by atoms with E-state index in [2.05, 4.69) is 0 Å².